The number of carboxylic acid groups (broad SMARTS) is 1. The third-order valence-electron chi connectivity index (χ3n) is 1.86. The van der Waals surface area contributed by atoms with Crippen molar-refractivity contribution in [3.63, 3.8) is 0 Å². The normalized spacial score (nSPS) is 10.4. The molecule has 0 fully saturated rings. The minimum absolute atomic E-state index is 0.288. The van der Waals surface area contributed by atoms with Gasteiger partial charge in [0.05, 0.1) is 5.56 Å². The zero-order valence-corrected chi connectivity index (χ0v) is 10.3. The largest absolute Gasteiger partial charge is 0.478 e. The van der Waals surface area contributed by atoms with Crippen LogP contribution >= 0.6 is 15.9 Å². The van der Waals surface area contributed by atoms with Crippen molar-refractivity contribution in [2.75, 3.05) is 11.9 Å². The first-order valence-corrected chi connectivity index (χ1v) is 5.56. The van der Waals surface area contributed by atoms with Gasteiger partial charge in [-0.1, -0.05) is 29.8 Å². The second-order valence-electron chi connectivity index (χ2n) is 3.81. The molecule has 0 saturated heterocycles. The van der Waals surface area contributed by atoms with E-state index in [1.54, 1.807) is 12.1 Å². The molecule has 0 heterocycles. The molecule has 3 nitrogen and oxygen atoms in total. The van der Waals surface area contributed by atoms with Gasteiger partial charge in [0.2, 0.25) is 0 Å². The van der Waals surface area contributed by atoms with E-state index in [1.165, 1.54) is 0 Å². The van der Waals surface area contributed by atoms with E-state index in [4.69, 9.17) is 5.11 Å². The molecule has 1 aromatic rings. The van der Waals surface area contributed by atoms with Crippen LogP contribution in [0.25, 0.3) is 0 Å². The van der Waals surface area contributed by atoms with Gasteiger partial charge in [0.15, 0.2) is 0 Å². The van der Waals surface area contributed by atoms with E-state index in [9.17, 15) is 4.79 Å². The maximum Gasteiger partial charge on any atom is 0.335 e. The summed E-state index contributed by atoms with van der Waals surface area (Å²) in [6.45, 7) is 5.03. The number of carbonyl (C=O) groups is 1. The molecule has 2 N–H and O–H groups in total. The Morgan fingerprint density at radius 1 is 1.47 bits per heavy atom. The van der Waals surface area contributed by atoms with Crippen LogP contribution in [0.3, 0.4) is 0 Å². The van der Waals surface area contributed by atoms with E-state index in [-0.39, 0.29) is 5.56 Å². The summed E-state index contributed by atoms with van der Waals surface area (Å²) in [5, 5.41) is 12.0. The van der Waals surface area contributed by atoms with Crippen molar-refractivity contribution in [3.05, 3.63) is 28.2 Å². The Morgan fingerprint density at radius 3 is 2.67 bits per heavy atom. The van der Waals surface area contributed by atoms with Crippen molar-refractivity contribution in [3.8, 4) is 0 Å². The Morgan fingerprint density at radius 2 is 2.13 bits per heavy atom. The lowest BCUT2D eigenvalue weighted by atomic mass is 10.2. The Balaban J connectivity index is 2.84. The van der Waals surface area contributed by atoms with Gasteiger partial charge in [-0.25, -0.2) is 4.79 Å². The van der Waals surface area contributed by atoms with Gasteiger partial charge in [0, 0.05) is 16.7 Å². The van der Waals surface area contributed by atoms with E-state index in [2.05, 4.69) is 35.1 Å². The molecule has 0 aromatic heterocycles. The molecule has 0 bridgehead atoms. The van der Waals surface area contributed by atoms with E-state index in [0.717, 1.165) is 16.7 Å². The highest BCUT2D eigenvalue weighted by Gasteiger charge is 2.05. The number of aromatic carboxylic acids is 1. The van der Waals surface area contributed by atoms with Crippen LogP contribution in [-0.2, 0) is 0 Å². The molecule has 15 heavy (non-hydrogen) atoms. The van der Waals surface area contributed by atoms with Crippen LogP contribution in [-0.4, -0.2) is 17.6 Å². The van der Waals surface area contributed by atoms with Crippen molar-refractivity contribution < 1.29 is 9.90 Å². The first-order valence-electron chi connectivity index (χ1n) is 4.77. The number of carboxylic acids is 1. The number of rotatable bonds is 4. The molecule has 1 aromatic carbocycles. The topological polar surface area (TPSA) is 49.3 Å². The molecule has 0 aliphatic rings. The van der Waals surface area contributed by atoms with Crippen LogP contribution in [0.4, 0.5) is 5.69 Å². The van der Waals surface area contributed by atoms with Gasteiger partial charge in [-0.3, -0.25) is 0 Å². The average Bonchev–Trinajstić information content (AvgIpc) is 2.13. The summed E-state index contributed by atoms with van der Waals surface area (Å²) in [5.74, 6) is -0.388. The zero-order chi connectivity index (χ0) is 11.4. The molecule has 0 atom stereocenters. The third-order valence-corrected chi connectivity index (χ3v) is 2.32. The van der Waals surface area contributed by atoms with Crippen molar-refractivity contribution in [1.82, 2.24) is 0 Å². The maximum absolute atomic E-state index is 10.8. The quantitative estimate of drug-likeness (QED) is 0.884. The highest BCUT2D eigenvalue weighted by atomic mass is 79.9. The molecule has 0 saturated carbocycles. The summed E-state index contributed by atoms with van der Waals surface area (Å²) < 4.78 is 0.772. The van der Waals surface area contributed by atoms with Gasteiger partial charge in [-0.2, -0.15) is 0 Å². The predicted molar refractivity (Wildman–Crippen MR) is 64.4 cm³/mol. The summed E-state index contributed by atoms with van der Waals surface area (Å²) in [7, 11) is 0. The van der Waals surface area contributed by atoms with E-state index >= 15 is 0 Å². The Labute approximate surface area is 97.6 Å². The fraction of sp³-hybridized carbons (Fsp3) is 0.364. The van der Waals surface area contributed by atoms with Crippen LogP contribution < -0.4 is 5.32 Å². The number of halogens is 1. The monoisotopic (exact) mass is 271 g/mol. The van der Waals surface area contributed by atoms with Crippen LogP contribution in [0.2, 0.25) is 0 Å². The van der Waals surface area contributed by atoms with Crippen LogP contribution in [0.15, 0.2) is 22.7 Å². The summed E-state index contributed by atoms with van der Waals surface area (Å²) in [6.07, 6.45) is 0. The number of benzene rings is 1. The second kappa shape index (κ2) is 5.16. The zero-order valence-electron chi connectivity index (χ0n) is 8.75. The lowest BCUT2D eigenvalue weighted by Crippen LogP contribution is -2.08. The Kier molecular flexibility index (Phi) is 4.15. The van der Waals surface area contributed by atoms with Crippen molar-refractivity contribution in [1.29, 1.82) is 0 Å². The molecular weight excluding hydrogens is 258 g/mol. The minimum Gasteiger partial charge on any atom is -0.478 e. The molecule has 1 rings (SSSR count). The molecule has 0 unspecified atom stereocenters. The van der Waals surface area contributed by atoms with Crippen LogP contribution in [0.5, 0.6) is 0 Å². The van der Waals surface area contributed by atoms with Crippen LogP contribution in [0.1, 0.15) is 24.2 Å². The Bertz CT molecular complexity index is 364. The SMILES string of the molecule is CC(C)CNc1cc(Br)cc(C(=O)O)c1. The minimum atomic E-state index is -0.913. The van der Waals surface area contributed by atoms with Gasteiger partial charge in [-0.15, -0.1) is 0 Å². The number of hydrogen-bond donors (Lipinski definition) is 2. The van der Waals surface area contributed by atoms with Crippen LogP contribution in [0, 0.1) is 5.92 Å². The van der Waals surface area contributed by atoms with Gasteiger partial charge in [0.1, 0.15) is 0 Å². The van der Waals surface area contributed by atoms with Gasteiger partial charge < -0.3 is 10.4 Å². The summed E-state index contributed by atoms with van der Waals surface area (Å²) in [6, 6.07) is 5.09. The lowest BCUT2D eigenvalue weighted by molar-refractivity contribution is 0.0697. The molecule has 0 aliphatic carbocycles. The van der Waals surface area contributed by atoms with Gasteiger partial charge in [-0.05, 0) is 24.1 Å². The first-order chi connectivity index (χ1) is 6.99. The smallest absolute Gasteiger partial charge is 0.335 e. The van der Waals surface area contributed by atoms with E-state index < -0.39 is 5.97 Å². The highest BCUT2D eigenvalue weighted by molar-refractivity contribution is 9.10. The van der Waals surface area contributed by atoms with Crippen molar-refractivity contribution in [2.24, 2.45) is 5.92 Å². The molecule has 0 spiro atoms. The number of hydrogen-bond acceptors (Lipinski definition) is 2. The molecule has 82 valence electrons. The van der Waals surface area contributed by atoms with Crippen molar-refractivity contribution in [2.45, 2.75) is 13.8 Å². The molecular formula is C11H14BrNO2. The fourth-order valence-electron chi connectivity index (χ4n) is 1.14. The number of anilines is 1. The maximum atomic E-state index is 10.8. The highest BCUT2D eigenvalue weighted by Crippen LogP contribution is 2.19. The first kappa shape index (κ1) is 12.0. The van der Waals surface area contributed by atoms with Gasteiger partial charge in [0.25, 0.3) is 0 Å². The third kappa shape index (κ3) is 3.91. The van der Waals surface area contributed by atoms with E-state index in [0.29, 0.717) is 5.92 Å². The van der Waals surface area contributed by atoms with Crippen molar-refractivity contribution >= 4 is 27.6 Å². The van der Waals surface area contributed by atoms with Gasteiger partial charge >= 0.3 is 5.97 Å². The molecule has 0 amide bonds. The Hall–Kier alpha value is -1.03. The molecule has 0 aliphatic heterocycles. The average molecular weight is 272 g/mol. The fourth-order valence-corrected chi connectivity index (χ4v) is 1.63. The standard InChI is InChI=1S/C11H14BrNO2/c1-7(2)6-13-10-4-8(11(14)15)3-9(12)5-10/h3-5,7,13H,6H2,1-2H3,(H,14,15). The summed E-state index contributed by atoms with van der Waals surface area (Å²) >= 11 is 3.28. The molecule has 0 radical (unpaired) electrons. The number of nitrogens with one attached hydrogen (secondary N) is 1. The second-order valence-corrected chi connectivity index (χ2v) is 4.72. The summed E-state index contributed by atoms with van der Waals surface area (Å²) in [4.78, 5) is 10.8. The van der Waals surface area contributed by atoms with E-state index in [1.807, 2.05) is 6.07 Å². The summed E-state index contributed by atoms with van der Waals surface area (Å²) in [5.41, 5.74) is 1.12. The molecule has 4 heteroatoms. The lowest BCUT2D eigenvalue weighted by Gasteiger charge is -2.10. The predicted octanol–water partition coefficient (Wildman–Crippen LogP) is 3.22.